The van der Waals surface area contributed by atoms with Crippen molar-refractivity contribution in [2.75, 3.05) is 5.32 Å². The third-order valence-electron chi connectivity index (χ3n) is 1.24. The van der Waals surface area contributed by atoms with Gasteiger partial charge in [-0.15, -0.1) is 0 Å². The molecule has 1 aromatic carbocycles. The highest BCUT2D eigenvalue weighted by molar-refractivity contribution is 9.10. The predicted molar refractivity (Wildman–Crippen MR) is 50.8 cm³/mol. The predicted octanol–water partition coefficient (Wildman–Crippen LogP) is 3.33. The lowest BCUT2D eigenvalue weighted by Crippen LogP contribution is -2.09. The van der Waals surface area contributed by atoms with E-state index in [0.29, 0.717) is 0 Å². The zero-order valence-corrected chi connectivity index (χ0v) is 8.49. The molecule has 1 aromatic rings. The van der Waals surface area contributed by atoms with E-state index in [4.69, 9.17) is 16.7 Å². The first-order valence-electron chi connectivity index (χ1n) is 3.15. The van der Waals surface area contributed by atoms with Crippen molar-refractivity contribution in [3.05, 3.63) is 27.4 Å². The fraction of sp³-hybridized carbons (Fsp3) is 0. The summed E-state index contributed by atoms with van der Waals surface area (Å²) in [6, 6.07) is 2.42. The van der Waals surface area contributed by atoms with Crippen LogP contribution in [0.2, 0.25) is 5.02 Å². The van der Waals surface area contributed by atoms with Crippen molar-refractivity contribution in [3.63, 3.8) is 0 Å². The van der Waals surface area contributed by atoms with Crippen LogP contribution in [-0.4, -0.2) is 11.2 Å². The monoisotopic (exact) mass is 267 g/mol. The van der Waals surface area contributed by atoms with Gasteiger partial charge >= 0.3 is 6.09 Å². The second kappa shape index (κ2) is 3.93. The first-order chi connectivity index (χ1) is 6.00. The summed E-state index contributed by atoms with van der Waals surface area (Å²) in [6.45, 7) is 0. The molecule has 0 bridgehead atoms. The molecule has 3 nitrogen and oxygen atoms in total. The average Bonchev–Trinajstić information content (AvgIpc) is 1.96. The first-order valence-corrected chi connectivity index (χ1v) is 4.32. The van der Waals surface area contributed by atoms with Gasteiger partial charge in [0, 0.05) is 9.50 Å². The molecule has 0 aromatic heterocycles. The molecule has 0 fully saturated rings. The molecule has 2 N–H and O–H groups in total. The van der Waals surface area contributed by atoms with E-state index in [1.54, 1.807) is 0 Å². The quantitative estimate of drug-likeness (QED) is 0.821. The number of hydrogen-bond donors (Lipinski definition) is 2. The summed E-state index contributed by atoms with van der Waals surface area (Å²) in [5, 5.41) is 10.5. The molecule has 0 spiro atoms. The largest absolute Gasteiger partial charge is 0.465 e. The number of anilines is 1. The molecule has 1 amide bonds. The highest BCUT2D eigenvalue weighted by Crippen LogP contribution is 2.29. The molecule has 0 aliphatic carbocycles. The van der Waals surface area contributed by atoms with Gasteiger partial charge in [-0.3, -0.25) is 5.32 Å². The Kier molecular flexibility index (Phi) is 3.11. The Hall–Kier alpha value is -0.810. The van der Waals surface area contributed by atoms with E-state index in [1.807, 2.05) is 5.32 Å². The lowest BCUT2D eigenvalue weighted by Gasteiger charge is -2.05. The number of carbonyl (C=O) groups is 1. The topological polar surface area (TPSA) is 49.3 Å². The van der Waals surface area contributed by atoms with Crippen LogP contribution >= 0.6 is 27.5 Å². The molecule has 1 rings (SSSR count). The molecule has 0 unspecified atom stereocenters. The van der Waals surface area contributed by atoms with E-state index in [9.17, 15) is 9.18 Å². The summed E-state index contributed by atoms with van der Waals surface area (Å²) >= 11 is 8.49. The van der Waals surface area contributed by atoms with E-state index < -0.39 is 11.9 Å². The van der Waals surface area contributed by atoms with Crippen LogP contribution in [0, 0.1) is 5.82 Å². The van der Waals surface area contributed by atoms with E-state index in [1.165, 1.54) is 6.07 Å². The van der Waals surface area contributed by atoms with Crippen LogP contribution in [-0.2, 0) is 0 Å². The minimum Gasteiger partial charge on any atom is -0.465 e. The second-order valence-corrected chi connectivity index (χ2v) is 3.47. The van der Waals surface area contributed by atoms with Crippen LogP contribution in [0.5, 0.6) is 0 Å². The number of carboxylic acid groups (broad SMARTS) is 1. The zero-order valence-electron chi connectivity index (χ0n) is 6.14. The summed E-state index contributed by atoms with van der Waals surface area (Å²) in [5.41, 5.74) is -0.142. The summed E-state index contributed by atoms with van der Waals surface area (Å²) in [4.78, 5) is 10.2. The van der Waals surface area contributed by atoms with Crippen molar-refractivity contribution in [2.45, 2.75) is 0 Å². The van der Waals surface area contributed by atoms with E-state index in [-0.39, 0.29) is 15.2 Å². The van der Waals surface area contributed by atoms with Crippen LogP contribution in [0.4, 0.5) is 14.9 Å². The first kappa shape index (κ1) is 10.3. The van der Waals surface area contributed by atoms with Crippen LogP contribution in [0.3, 0.4) is 0 Å². The zero-order chi connectivity index (χ0) is 10.0. The molecule has 70 valence electrons. The molecular weight excluding hydrogens is 264 g/mol. The normalized spacial score (nSPS) is 9.77. The summed E-state index contributed by atoms with van der Waals surface area (Å²) in [7, 11) is 0. The highest BCUT2D eigenvalue weighted by Gasteiger charge is 2.10. The molecule has 0 radical (unpaired) electrons. The Morgan fingerprint density at radius 2 is 2.23 bits per heavy atom. The van der Waals surface area contributed by atoms with Gasteiger partial charge in [0.25, 0.3) is 0 Å². The Morgan fingerprint density at radius 1 is 1.62 bits per heavy atom. The van der Waals surface area contributed by atoms with Crippen molar-refractivity contribution in [1.29, 1.82) is 0 Å². The highest BCUT2D eigenvalue weighted by atomic mass is 79.9. The molecule has 0 saturated carbocycles. The van der Waals surface area contributed by atoms with Crippen molar-refractivity contribution in [2.24, 2.45) is 0 Å². The fourth-order valence-corrected chi connectivity index (χ4v) is 1.64. The summed E-state index contributed by atoms with van der Waals surface area (Å²) in [6.07, 6.45) is -1.33. The van der Waals surface area contributed by atoms with E-state index in [0.717, 1.165) is 6.07 Å². The van der Waals surface area contributed by atoms with Gasteiger partial charge in [-0.2, -0.15) is 0 Å². The maximum Gasteiger partial charge on any atom is 0.409 e. The average molecular weight is 268 g/mol. The molecule has 0 heterocycles. The van der Waals surface area contributed by atoms with E-state index >= 15 is 0 Å². The molecule has 6 heteroatoms. The third kappa shape index (κ3) is 2.57. The third-order valence-corrected chi connectivity index (χ3v) is 2.08. The number of hydrogen-bond acceptors (Lipinski definition) is 1. The summed E-state index contributed by atoms with van der Waals surface area (Å²) < 4.78 is 13.3. The van der Waals surface area contributed by atoms with Gasteiger partial charge in [0.2, 0.25) is 0 Å². The lowest BCUT2D eigenvalue weighted by atomic mass is 10.3. The van der Waals surface area contributed by atoms with Gasteiger partial charge in [-0.25, -0.2) is 9.18 Å². The van der Waals surface area contributed by atoms with Gasteiger partial charge < -0.3 is 5.11 Å². The van der Waals surface area contributed by atoms with Crippen LogP contribution < -0.4 is 5.32 Å². The second-order valence-electron chi connectivity index (χ2n) is 2.17. The Morgan fingerprint density at radius 3 is 2.69 bits per heavy atom. The van der Waals surface area contributed by atoms with Gasteiger partial charge in [0.1, 0.15) is 5.82 Å². The van der Waals surface area contributed by atoms with Crippen LogP contribution in [0.1, 0.15) is 0 Å². The maximum atomic E-state index is 13.0. The standard InChI is InChI=1S/C7H4BrClFNO2/c8-4-1-3(9)2-5(10)6(4)11-7(12)13/h1-2,11H,(H,12,13). The van der Waals surface area contributed by atoms with Crippen LogP contribution in [0.25, 0.3) is 0 Å². The Bertz CT molecular complexity index is 335. The van der Waals surface area contributed by atoms with Crippen LogP contribution in [0.15, 0.2) is 16.6 Å². The van der Waals surface area contributed by atoms with E-state index in [2.05, 4.69) is 15.9 Å². The van der Waals surface area contributed by atoms with Crippen molar-refractivity contribution in [3.8, 4) is 0 Å². The molecule has 13 heavy (non-hydrogen) atoms. The van der Waals surface area contributed by atoms with Gasteiger partial charge in [-0.1, -0.05) is 11.6 Å². The lowest BCUT2D eigenvalue weighted by molar-refractivity contribution is 0.209. The minimum atomic E-state index is -1.33. The molecular formula is C7H4BrClFNO2. The Labute approximate surface area is 86.6 Å². The molecule has 0 atom stereocenters. The molecule has 0 aliphatic heterocycles. The van der Waals surface area contributed by atoms with Gasteiger partial charge in [0.05, 0.1) is 5.69 Å². The smallest absolute Gasteiger partial charge is 0.409 e. The number of rotatable bonds is 1. The van der Waals surface area contributed by atoms with Crippen molar-refractivity contribution >= 4 is 39.3 Å². The summed E-state index contributed by atoms with van der Waals surface area (Å²) in [5.74, 6) is -0.721. The van der Waals surface area contributed by atoms with Crippen molar-refractivity contribution in [1.82, 2.24) is 0 Å². The minimum absolute atomic E-state index is 0.142. The Balaban J connectivity index is 3.13. The van der Waals surface area contributed by atoms with Gasteiger partial charge in [-0.05, 0) is 28.1 Å². The van der Waals surface area contributed by atoms with Gasteiger partial charge in [0.15, 0.2) is 0 Å². The molecule has 0 saturated heterocycles. The fourth-order valence-electron chi connectivity index (χ4n) is 0.769. The number of nitrogens with one attached hydrogen (secondary N) is 1. The SMILES string of the molecule is O=C(O)Nc1c(F)cc(Cl)cc1Br. The molecule has 0 aliphatic rings. The number of amides is 1. The van der Waals surface area contributed by atoms with Crippen molar-refractivity contribution < 1.29 is 14.3 Å². The number of benzene rings is 1. The number of halogens is 3. The maximum absolute atomic E-state index is 13.0.